The largest absolute Gasteiger partial charge is 0.385 e. The first kappa shape index (κ1) is 11.1. The zero-order chi connectivity index (χ0) is 10.7. The molecule has 0 aromatic carbocycles. The standard InChI is InChI=1S/C11H18N2O/c1-7(2)10(12)11(14)9-6-8(3)4-5-13-9/h4-7,10-11,14H,12H2,1-3H3. The third-order valence-corrected chi connectivity index (χ3v) is 2.37. The predicted molar refractivity (Wildman–Crippen MR) is 56.7 cm³/mol. The number of nitrogens with zero attached hydrogens (tertiary/aromatic N) is 1. The Morgan fingerprint density at radius 1 is 1.43 bits per heavy atom. The van der Waals surface area contributed by atoms with Gasteiger partial charge in [0.1, 0.15) is 6.10 Å². The normalized spacial score (nSPS) is 15.6. The zero-order valence-corrected chi connectivity index (χ0v) is 8.94. The fourth-order valence-electron chi connectivity index (χ4n) is 1.28. The molecule has 0 spiro atoms. The molecule has 3 nitrogen and oxygen atoms in total. The molecule has 3 heteroatoms. The van der Waals surface area contributed by atoms with E-state index >= 15 is 0 Å². The lowest BCUT2D eigenvalue weighted by atomic mass is 9.97. The summed E-state index contributed by atoms with van der Waals surface area (Å²) in [5.74, 6) is 0.243. The average Bonchev–Trinajstić information content (AvgIpc) is 2.15. The SMILES string of the molecule is Cc1ccnc(C(O)C(N)C(C)C)c1. The number of aryl methyl sites for hydroxylation is 1. The number of pyridine rings is 1. The lowest BCUT2D eigenvalue weighted by molar-refractivity contribution is 0.121. The molecule has 0 saturated heterocycles. The van der Waals surface area contributed by atoms with Gasteiger partial charge in [0.25, 0.3) is 0 Å². The zero-order valence-electron chi connectivity index (χ0n) is 8.94. The van der Waals surface area contributed by atoms with Crippen molar-refractivity contribution in [1.29, 1.82) is 0 Å². The number of nitrogens with two attached hydrogens (primary N) is 1. The van der Waals surface area contributed by atoms with E-state index in [-0.39, 0.29) is 12.0 Å². The van der Waals surface area contributed by atoms with Crippen molar-refractivity contribution in [3.8, 4) is 0 Å². The first-order valence-corrected chi connectivity index (χ1v) is 4.88. The van der Waals surface area contributed by atoms with Crippen LogP contribution < -0.4 is 5.73 Å². The van der Waals surface area contributed by atoms with Crippen molar-refractivity contribution < 1.29 is 5.11 Å². The maximum absolute atomic E-state index is 9.90. The van der Waals surface area contributed by atoms with E-state index in [2.05, 4.69) is 4.98 Å². The van der Waals surface area contributed by atoms with Gasteiger partial charge in [-0.2, -0.15) is 0 Å². The van der Waals surface area contributed by atoms with Crippen molar-refractivity contribution in [1.82, 2.24) is 4.98 Å². The van der Waals surface area contributed by atoms with Crippen LogP contribution in [0.5, 0.6) is 0 Å². The fraction of sp³-hybridized carbons (Fsp3) is 0.545. The highest BCUT2D eigenvalue weighted by molar-refractivity contribution is 5.17. The summed E-state index contributed by atoms with van der Waals surface area (Å²) in [6, 6.07) is 3.51. The minimum Gasteiger partial charge on any atom is -0.385 e. The second-order valence-electron chi connectivity index (χ2n) is 4.02. The van der Waals surface area contributed by atoms with Crippen molar-refractivity contribution in [3.05, 3.63) is 29.6 Å². The molecule has 2 atom stereocenters. The molecule has 1 heterocycles. The molecule has 1 rings (SSSR count). The molecule has 0 bridgehead atoms. The molecule has 0 amide bonds. The fourth-order valence-corrected chi connectivity index (χ4v) is 1.28. The summed E-state index contributed by atoms with van der Waals surface area (Å²) in [6.07, 6.45) is 1.02. The van der Waals surface area contributed by atoms with E-state index in [4.69, 9.17) is 5.73 Å². The Hall–Kier alpha value is -0.930. The first-order valence-electron chi connectivity index (χ1n) is 4.88. The quantitative estimate of drug-likeness (QED) is 0.764. The molecule has 0 aliphatic heterocycles. The van der Waals surface area contributed by atoms with Crippen LogP contribution in [0.25, 0.3) is 0 Å². The minimum atomic E-state index is -0.671. The molecule has 2 unspecified atom stereocenters. The molecule has 1 aromatic rings. The average molecular weight is 194 g/mol. The first-order chi connectivity index (χ1) is 6.52. The molecule has 0 aliphatic carbocycles. The Morgan fingerprint density at radius 2 is 2.07 bits per heavy atom. The second-order valence-corrected chi connectivity index (χ2v) is 4.02. The van der Waals surface area contributed by atoms with Gasteiger partial charge in [0.15, 0.2) is 0 Å². The van der Waals surface area contributed by atoms with Gasteiger partial charge in [-0.3, -0.25) is 4.98 Å². The maximum atomic E-state index is 9.90. The summed E-state index contributed by atoms with van der Waals surface area (Å²) in [6.45, 7) is 5.95. The van der Waals surface area contributed by atoms with E-state index in [1.54, 1.807) is 6.20 Å². The smallest absolute Gasteiger partial charge is 0.111 e. The van der Waals surface area contributed by atoms with Gasteiger partial charge in [-0.15, -0.1) is 0 Å². The van der Waals surface area contributed by atoms with Crippen LogP contribution in [-0.2, 0) is 0 Å². The van der Waals surface area contributed by atoms with Crippen LogP contribution in [0.1, 0.15) is 31.2 Å². The van der Waals surface area contributed by atoms with E-state index in [9.17, 15) is 5.11 Å². The number of hydrogen-bond acceptors (Lipinski definition) is 3. The van der Waals surface area contributed by atoms with E-state index in [1.165, 1.54) is 0 Å². The van der Waals surface area contributed by atoms with E-state index in [1.807, 2.05) is 32.9 Å². The lowest BCUT2D eigenvalue weighted by Crippen LogP contribution is -2.33. The Labute approximate surface area is 85.0 Å². The number of hydrogen-bond donors (Lipinski definition) is 2. The van der Waals surface area contributed by atoms with Crippen molar-refractivity contribution >= 4 is 0 Å². The van der Waals surface area contributed by atoms with Gasteiger partial charge < -0.3 is 10.8 Å². The maximum Gasteiger partial charge on any atom is 0.111 e. The van der Waals surface area contributed by atoms with Crippen LogP contribution in [0.2, 0.25) is 0 Å². The minimum absolute atomic E-state index is 0.243. The highest BCUT2D eigenvalue weighted by atomic mass is 16.3. The van der Waals surface area contributed by atoms with Gasteiger partial charge in [0.05, 0.1) is 5.69 Å². The van der Waals surface area contributed by atoms with Crippen LogP contribution in [0.3, 0.4) is 0 Å². The molecule has 0 saturated carbocycles. The Morgan fingerprint density at radius 3 is 2.57 bits per heavy atom. The van der Waals surface area contributed by atoms with Crippen LogP contribution >= 0.6 is 0 Å². The van der Waals surface area contributed by atoms with Crippen LogP contribution in [0, 0.1) is 12.8 Å². The van der Waals surface area contributed by atoms with Gasteiger partial charge in [-0.25, -0.2) is 0 Å². The Bertz CT molecular complexity index is 299. The molecule has 14 heavy (non-hydrogen) atoms. The molecule has 78 valence electrons. The number of aliphatic hydroxyl groups is 1. The Kier molecular flexibility index (Phi) is 3.61. The molecular formula is C11H18N2O. The van der Waals surface area contributed by atoms with Crippen LogP contribution in [0.4, 0.5) is 0 Å². The summed E-state index contributed by atoms with van der Waals surface area (Å²) in [5.41, 5.74) is 7.60. The number of aromatic nitrogens is 1. The highest BCUT2D eigenvalue weighted by Crippen LogP contribution is 2.18. The number of rotatable bonds is 3. The van der Waals surface area contributed by atoms with Gasteiger partial charge in [-0.1, -0.05) is 13.8 Å². The summed E-state index contributed by atoms with van der Waals surface area (Å²) >= 11 is 0. The molecule has 0 aliphatic rings. The highest BCUT2D eigenvalue weighted by Gasteiger charge is 2.20. The monoisotopic (exact) mass is 194 g/mol. The summed E-state index contributed by atoms with van der Waals surface area (Å²) in [4.78, 5) is 4.11. The van der Waals surface area contributed by atoms with Crippen molar-refractivity contribution in [2.45, 2.75) is 32.9 Å². The Balaban J connectivity index is 2.83. The van der Waals surface area contributed by atoms with Gasteiger partial charge >= 0.3 is 0 Å². The van der Waals surface area contributed by atoms with Crippen LogP contribution in [-0.4, -0.2) is 16.1 Å². The van der Waals surface area contributed by atoms with Crippen LogP contribution in [0.15, 0.2) is 18.3 Å². The molecule has 0 fully saturated rings. The molecule has 3 N–H and O–H groups in total. The summed E-state index contributed by atoms with van der Waals surface area (Å²) in [5, 5.41) is 9.90. The molecule has 0 radical (unpaired) electrons. The van der Waals surface area contributed by atoms with Crippen molar-refractivity contribution in [3.63, 3.8) is 0 Å². The third-order valence-electron chi connectivity index (χ3n) is 2.37. The molecular weight excluding hydrogens is 176 g/mol. The van der Waals surface area contributed by atoms with Gasteiger partial charge in [0, 0.05) is 12.2 Å². The van der Waals surface area contributed by atoms with Crippen molar-refractivity contribution in [2.75, 3.05) is 0 Å². The van der Waals surface area contributed by atoms with Gasteiger partial charge in [0.2, 0.25) is 0 Å². The van der Waals surface area contributed by atoms with E-state index < -0.39 is 6.10 Å². The van der Waals surface area contributed by atoms with Gasteiger partial charge in [-0.05, 0) is 30.5 Å². The second kappa shape index (κ2) is 4.53. The molecule has 1 aromatic heterocycles. The van der Waals surface area contributed by atoms with E-state index in [0.717, 1.165) is 5.56 Å². The summed E-state index contributed by atoms with van der Waals surface area (Å²) < 4.78 is 0. The predicted octanol–water partition coefficient (Wildman–Crippen LogP) is 1.41. The van der Waals surface area contributed by atoms with E-state index in [0.29, 0.717) is 5.69 Å². The lowest BCUT2D eigenvalue weighted by Gasteiger charge is -2.21. The van der Waals surface area contributed by atoms with Crippen molar-refractivity contribution in [2.24, 2.45) is 11.7 Å². The topological polar surface area (TPSA) is 59.1 Å². The third kappa shape index (κ3) is 2.53. The summed E-state index contributed by atoms with van der Waals surface area (Å²) in [7, 11) is 0. The number of aliphatic hydroxyl groups excluding tert-OH is 1.